The van der Waals surface area contributed by atoms with Crippen LogP contribution in [0.5, 0.6) is 0 Å². The maximum Gasteiger partial charge on any atom is 1.00 e. The van der Waals surface area contributed by atoms with Gasteiger partial charge in [-0.3, -0.25) is 8.37 Å². The van der Waals surface area contributed by atoms with Gasteiger partial charge in [0.1, 0.15) is 12.2 Å². The first-order chi connectivity index (χ1) is 11.6. The molecular weight excluding hydrogens is 559 g/mol. The molecule has 4 unspecified atom stereocenters. The summed E-state index contributed by atoms with van der Waals surface area (Å²) in [4.78, 5) is 0. The fraction of sp³-hybridized carbons (Fsp3) is 1.00. The van der Waals surface area contributed by atoms with Crippen molar-refractivity contribution < 1.29 is 154 Å². The maximum absolute atomic E-state index is 11.6. The number of hydrogen-bond donors (Lipinski definition) is 0. The molecule has 2 aliphatic rings. The Balaban J connectivity index is 0.00000364. The molecule has 28 heavy (non-hydrogen) atoms. The van der Waals surface area contributed by atoms with Crippen molar-refractivity contribution in [2.45, 2.75) is 22.7 Å². The quantitative estimate of drug-likeness (QED) is 0.121. The molecule has 0 saturated carbocycles. The normalized spacial score (nSPS) is 31.6. The average molecular weight is 571 g/mol. The van der Waals surface area contributed by atoms with Gasteiger partial charge >= 0.3 is 103 Å². The van der Waals surface area contributed by atoms with E-state index < -0.39 is 86.2 Å². The second-order valence-corrected chi connectivity index (χ2v) is 14.6. The minimum Gasteiger partial charge on any atom is -0.726 e. The van der Waals surface area contributed by atoms with Crippen molar-refractivity contribution in [1.82, 2.24) is 0 Å². The van der Waals surface area contributed by atoms with Gasteiger partial charge < -0.3 is 9.11 Å². The Bertz CT molecular complexity index is 878. The van der Waals surface area contributed by atoms with Crippen LogP contribution in [0.3, 0.4) is 0 Å². The molecular formula is C8H12K2O12S6. The van der Waals surface area contributed by atoms with E-state index in [1.54, 1.807) is 0 Å². The van der Waals surface area contributed by atoms with Crippen molar-refractivity contribution in [3.8, 4) is 0 Å². The van der Waals surface area contributed by atoms with E-state index in [0.29, 0.717) is 0 Å². The average Bonchev–Trinajstić information content (AvgIpc) is 2.78. The van der Waals surface area contributed by atoms with Crippen LogP contribution in [0.2, 0.25) is 0 Å². The number of hydrogen-bond acceptors (Lipinski definition) is 14. The summed E-state index contributed by atoms with van der Waals surface area (Å²) in [6, 6.07) is 0. The third-order valence-electron chi connectivity index (χ3n) is 3.29. The molecule has 0 aromatic rings. The van der Waals surface area contributed by atoms with Crippen LogP contribution < -0.4 is 103 Å². The van der Waals surface area contributed by atoms with Gasteiger partial charge in [-0.25, -0.2) is 33.7 Å². The molecule has 0 N–H and O–H groups in total. The molecule has 20 heteroatoms. The van der Waals surface area contributed by atoms with Crippen LogP contribution in [0.4, 0.5) is 0 Å². The van der Waals surface area contributed by atoms with Crippen LogP contribution in [0.15, 0.2) is 0 Å². The largest absolute Gasteiger partial charge is 1.00 e. The van der Waals surface area contributed by atoms with Crippen molar-refractivity contribution in [2.24, 2.45) is 0 Å². The Morgan fingerprint density at radius 3 is 1.21 bits per heavy atom. The molecule has 0 aliphatic carbocycles. The first kappa shape index (κ1) is 31.6. The molecule has 0 amide bonds. The number of rotatable bonds is 7. The first-order valence-corrected chi connectivity index (χ1v) is 15.1. The van der Waals surface area contributed by atoms with Gasteiger partial charge in [0.15, 0.2) is 19.7 Å². The number of sulfone groups is 2. The fourth-order valence-electron chi connectivity index (χ4n) is 2.37. The maximum atomic E-state index is 11.6. The van der Waals surface area contributed by atoms with Crippen LogP contribution in [0.1, 0.15) is 0 Å². The molecule has 12 nitrogen and oxygen atoms in total. The fourth-order valence-corrected chi connectivity index (χ4v) is 12.4. The van der Waals surface area contributed by atoms with Crippen molar-refractivity contribution in [3.63, 3.8) is 0 Å². The Labute approximate surface area is 256 Å². The van der Waals surface area contributed by atoms with Crippen molar-refractivity contribution in [3.05, 3.63) is 0 Å². The van der Waals surface area contributed by atoms with Gasteiger partial charge in [0.25, 0.3) is 0 Å². The summed E-state index contributed by atoms with van der Waals surface area (Å²) in [5.41, 5.74) is 0. The van der Waals surface area contributed by atoms with Gasteiger partial charge in [-0.05, 0) is 0 Å². The Hall–Kier alpha value is 3.61. The van der Waals surface area contributed by atoms with Crippen LogP contribution in [-0.4, -0.2) is 88.5 Å². The Kier molecular flexibility index (Phi) is 13.4. The van der Waals surface area contributed by atoms with E-state index in [2.05, 4.69) is 8.37 Å². The van der Waals surface area contributed by atoms with E-state index in [1.807, 2.05) is 0 Å². The molecule has 154 valence electrons. The van der Waals surface area contributed by atoms with E-state index in [-0.39, 0.29) is 103 Å². The van der Waals surface area contributed by atoms with E-state index >= 15 is 0 Å². The molecule has 0 aromatic heterocycles. The minimum absolute atomic E-state index is 0. The van der Waals surface area contributed by atoms with Crippen molar-refractivity contribution in [2.75, 3.05) is 23.0 Å². The molecule has 0 spiro atoms. The smallest absolute Gasteiger partial charge is 0.726 e. The molecule has 2 aliphatic heterocycles. The summed E-state index contributed by atoms with van der Waals surface area (Å²) in [7, 11) is -16.2. The summed E-state index contributed by atoms with van der Waals surface area (Å²) in [5, 5.41) is -2.02. The van der Waals surface area contributed by atoms with Gasteiger partial charge in [0.05, 0.1) is 33.5 Å². The van der Waals surface area contributed by atoms with Crippen molar-refractivity contribution in [1.29, 1.82) is 0 Å². The summed E-state index contributed by atoms with van der Waals surface area (Å²) < 4.78 is 119. The van der Waals surface area contributed by atoms with E-state index in [1.165, 1.54) is 0 Å². The predicted molar refractivity (Wildman–Crippen MR) is 89.2 cm³/mol. The Morgan fingerprint density at radius 2 is 0.964 bits per heavy atom. The zero-order valence-electron chi connectivity index (χ0n) is 14.5. The van der Waals surface area contributed by atoms with Gasteiger partial charge in [0.2, 0.25) is 20.8 Å². The molecule has 2 heterocycles. The van der Waals surface area contributed by atoms with Crippen LogP contribution in [-0.2, 0) is 48.8 Å². The van der Waals surface area contributed by atoms with Gasteiger partial charge in [0, 0.05) is 0 Å². The Morgan fingerprint density at radius 1 is 0.679 bits per heavy atom. The zero-order valence-corrected chi connectivity index (χ0v) is 25.6. The summed E-state index contributed by atoms with van der Waals surface area (Å²) in [5.74, 6) is -2.44. The molecule has 0 aromatic carbocycles. The van der Waals surface area contributed by atoms with Gasteiger partial charge in [-0.15, -0.1) is 0 Å². The SMILES string of the molecule is O=S1(=O)CC(OS(=O)(=O)[O-])C(SSC2CS(=O)(=O)CC2OS(=O)(=O)[O-])C1.[K+].[K+]. The third kappa shape index (κ3) is 11.2. The molecule has 2 fully saturated rings. The van der Waals surface area contributed by atoms with E-state index in [0.717, 1.165) is 21.6 Å². The van der Waals surface area contributed by atoms with Gasteiger partial charge in [-0.1, -0.05) is 21.6 Å². The molecule has 4 atom stereocenters. The standard InChI is InChI=1S/C8H14O12S6.2K/c9-23(10)1-5(19-25(13,14)15)7(3-23)21-22-8-4-24(11,12)2-6(8)20-26(16,17)18;;/h5-8H,1-4H2,(H,13,14,15)(H,16,17,18);;/q;2*+1/p-2. The topological polar surface area (TPSA) is 201 Å². The molecule has 0 radical (unpaired) electrons. The molecule has 2 saturated heterocycles. The summed E-state index contributed by atoms with van der Waals surface area (Å²) >= 11 is 0. The molecule has 0 bridgehead atoms. The minimum atomic E-state index is -5.16. The van der Waals surface area contributed by atoms with Crippen LogP contribution in [0, 0.1) is 0 Å². The monoisotopic (exact) mass is 570 g/mol. The molecule has 2 rings (SSSR count). The predicted octanol–water partition coefficient (Wildman–Crippen LogP) is -8.34. The van der Waals surface area contributed by atoms with Gasteiger partial charge in [-0.2, -0.15) is 0 Å². The van der Waals surface area contributed by atoms with Crippen molar-refractivity contribution >= 4 is 62.1 Å². The first-order valence-electron chi connectivity index (χ1n) is 6.56. The third-order valence-corrected chi connectivity index (χ3v) is 11.4. The zero-order chi connectivity index (χ0) is 20.0. The van der Waals surface area contributed by atoms with E-state index in [4.69, 9.17) is 0 Å². The summed E-state index contributed by atoms with van der Waals surface area (Å²) in [6.07, 6.45) is -2.92. The second-order valence-electron chi connectivity index (χ2n) is 5.51. The van der Waals surface area contributed by atoms with E-state index in [9.17, 15) is 42.8 Å². The second kappa shape index (κ2) is 11.8. The summed E-state index contributed by atoms with van der Waals surface area (Å²) in [6.45, 7) is 0. The van der Waals surface area contributed by atoms with Crippen LogP contribution >= 0.6 is 21.6 Å². The van der Waals surface area contributed by atoms with Crippen LogP contribution in [0.25, 0.3) is 0 Å².